The molecule has 0 saturated heterocycles. The number of nitrogens with one attached hydrogen (secondary N) is 1. The molecule has 0 heterocycles. The number of hydrogen-bond acceptors (Lipinski definition) is 5. The van der Waals surface area contributed by atoms with Crippen LogP contribution in [0.4, 0.5) is 0 Å². The monoisotopic (exact) mass is 205 g/mol. The SMILES string of the molecule is COC(=O)[C@@](C)(CO)NOC(C)(C)C. The summed E-state index contributed by atoms with van der Waals surface area (Å²) in [5, 5.41) is 9.04. The summed E-state index contributed by atoms with van der Waals surface area (Å²) in [7, 11) is 1.26. The van der Waals surface area contributed by atoms with Crippen molar-refractivity contribution in [2.24, 2.45) is 0 Å². The second-order valence-corrected chi connectivity index (χ2v) is 4.30. The van der Waals surface area contributed by atoms with Crippen LogP contribution in [-0.2, 0) is 14.4 Å². The van der Waals surface area contributed by atoms with Crippen LogP contribution in [0.3, 0.4) is 0 Å². The van der Waals surface area contributed by atoms with E-state index in [2.05, 4.69) is 10.2 Å². The smallest absolute Gasteiger partial charge is 0.330 e. The Labute approximate surface area is 84.3 Å². The van der Waals surface area contributed by atoms with E-state index >= 15 is 0 Å². The van der Waals surface area contributed by atoms with Gasteiger partial charge in [0.1, 0.15) is 0 Å². The summed E-state index contributed by atoms with van der Waals surface area (Å²) < 4.78 is 4.53. The van der Waals surface area contributed by atoms with Gasteiger partial charge in [0.2, 0.25) is 0 Å². The Bertz CT molecular complexity index is 199. The molecule has 5 nitrogen and oxygen atoms in total. The van der Waals surface area contributed by atoms with E-state index in [0.717, 1.165) is 0 Å². The zero-order valence-electron chi connectivity index (χ0n) is 9.38. The van der Waals surface area contributed by atoms with Gasteiger partial charge >= 0.3 is 5.97 Å². The number of carbonyl (C=O) groups excluding carboxylic acids is 1. The number of aliphatic hydroxyl groups is 1. The lowest BCUT2D eigenvalue weighted by Gasteiger charge is -2.29. The van der Waals surface area contributed by atoms with Crippen molar-refractivity contribution in [3.05, 3.63) is 0 Å². The van der Waals surface area contributed by atoms with Crippen LogP contribution in [0, 0.1) is 0 Å². The molecule has 0 saturated carbocycles. The molecule has 2 N–H and O–H groups in total. The second-order valence-electron chi connectivity index (χ2n) is 4.30. The van der Waals surface area contributed by atoms with Gasteiger partial charge in [-0.1, -0.05) is 0 Å². The van der Waals surface area contributed by atoms with Gasteiger partial charge in [0, 0.05) is 0 Å². The van der Waals surface area contributed by atoms with Crippen molar-refractivity contribution in [2.45, 2.75) is 38.8 Å². The highest BCUT2D eigenvalue weighted by Crippen LogP contribution is 2.10. The summed E-state index contributed by atoms with van der Waals surface area (Å²) in [5.74, 6) is -0.566. The van der Waals surface area contributed by atoms with E-state index in [1.54, 1.807) is 0 Å². The highest BCUT2D eigenvalue weighted by Gasteiger charge is 2.35. The number of ether oxygens (including phenoxy) is 1. The van der Waals surface area contributed by atoms with Crippen molar-refractivity contribution in [2.75, 3.05) is 13.7 Å². The van der Waals surface area contributed by atoms with E-state index in [0.29, 0.717) is 0 Å². The molecule has 0 spiro atoms. The Morgan fingerprint density at radius 2 is 1.86 bits per heavy atom. The lowest BCUT2D eigenvalue weighted by atomic mass is 10.1. The molecule has 84 valence electrons. The molecule has 0 aliphatic heterocycles. The molecule has 5 heteroatoms. The zero-order valence-corrected chi connectivity index (χ0v) is 9.38. The molecule has 0 aliphatic carbocycles. The third-order valence-electron chi connectivity index (χ3n) is 1.53. The first-order valence-corrected chi connectivity index (χ1v) is 4.39. The molecule has 0 aliphatic rings. The molecule has 14 heavy (non-hydrogen) atoms. The highest BCUT2D eigenvalue weighted by molar-refractivity contribution is 5.80. The number of rotatable bonds is 4. The summed E-state index contributed by atoms with van der Waals surface area (Å²) >= 11 is 0. The van der Waals surface area contributed by atoms with Crippen LogP contribution in [0.25, 0.3) is 0 Å². The van der Waals surface area contributed by atoms with Crippen LogP contribution in [0.15, 0.2) is 0 Å². The minimum Gasteiger partial charge on any atom is -0.468 e. The molecular formula is C9H19NO4. The van der Waals surface area contributed by atoms with E-state index in [1.165, 1.54) is 14.0 Å². The third-order valence-corrected chi connectivity index (χ3v) is 1.53. The van der Waals surface area contributed by atoms with Crippen molar-refractivity contribution in [1.82, 2.24) is 5.48 Å². The van der Waals surface area contributed by atoms with Gasteiger partial charge in [-0.3, -0.25) is 4.84 Å². The molecule has 0 aromatic carbocycles. The van der Waals surface area contributed by atoms with Gasteiger partial charge in [-0.25, -0.2) is 4.79 Å². The average molecular weight is 205 g/mol. The minimum absolute atomic E-state index is 0.393. The first-order valence-electron chi connectivity index (χ1n) is 4.39. The Hall–Kier alpha value is -0.650. The van der Waals surface area contributed by atoms with Gasteiger partial charge < -0.3 is 9.84 Å². The Balaban J connectivity index is 4.34. The molecule has 1 atom stereocenters. The predicted octanol–water partition coefficient (Wildman–Crippen LogP) is 0.230. The Morgan fingerprint density at radius 3 is 2.14 bits per heavy atom. The fourth-order valence-electron chi connectivity index (χ4n) is 0.629. The highest BCUT2D eigenvalue weighted by atomic mass is 16.7. The summed E-state index contributed by atoms with van der Waals surface area (Å²) in [6.45, 7) is 6.60. The van der Waals surface area contributed by atoms with E-state index in [-0.39, 0.29) is 0 Å². The summed E-state index contributed by atoms with van der Waals surface area (Å²) in [6, 6.07) is 0. The molecule has 0 fully saturated rings. The molecule has 0 radical (unpaired) electrons. The van der Waals surface area contributed by atoms with Crippen LogP contribution >= 0.6 is 0 Å². The van der Waals surface area contributed by atoms with Crippen molar-refractivity contribution in [1.29, 1.82) is 0 Å². The number of carbonyl (C=O) groups is 1. The van der Waals surface area contributed by atoms with Gasteiger partial charge in [0.25, 0.3) is 0 Å². The van der Waals surface area contributed by atoms with E-state index in [9.17, 15) is 4.79 Å². The third kappa shape index (κ3) is 4.04. The fraction of sp³-hybridized carbons (Fsp3) is 0.889. The van der Waals surface area contributed by atoms with Crippen LogP contribution in [0.2, 0.25) is 0 Å². The second kappa shape index (κ2) is 4.72. The summed E-state index contributed by atoms with van der Waals surface area (Å²) in [4.78, 5) is 16.5. The Morgan fingerprint density at radius 1 is 1.36 bits per heavy atom. The minimum atomic E-state index is -1.22. The molecular weight excluding hydrogens is 186 g/mol. The van der Waals surface area contributed by atoms with Gasteiger partial charge in [-0.2, -0.15) is 5.48 Å². The maximum absolute atomic E-state index is 11.3. The van der Waals surface area contributed by atoms with Gasteiger partial charge in [-0.15, -0.1) is 0 Å². The topological polar surface area (TPSA) is 67.8 Å². The predicted molar refractivity (Wildman–Crippen MR) is 51.5 cm³/mol. The van der Waals surface area contributed by atoms with Gasteiger partial charge in [0.05, 0.1) is 19.3 Å². The molecule has 0 unspecified atom stereocenters. The summed E-state index contributed by atoms with van der Waals surface area (Å²) in [5.41, 5.74) is 0.852. The lowest BCUT2D eigenvalue weighted by molar-refractivity contribution is -0.168. The normalized spacial score (nSPS) is 16.1. The number of methoxy groups -OCH3 is 1. The number of hydroxylamine groups is 1. The fourth-order valence-corrected chi connectivity index (χ4v) is 0.629. The van der Waals surface area contributed by atoms with Crippen LogP contribution in [-0.4, -0.2) is 35.9 Å². The van der Waals surface area contributed by atoms with Gasteiger partial charge in [0.15, 0.2) is 5.54 Å². The number of hydrogen-bond donors (Lipinski definition) is 2. The average Bonchev–Trinajstić information content (AvgIpc) is 2.11. The van der Waals surface area contributed by atoms with Crippen LogP contribution in [0.5, 0.6) is 0 Å². The molecule has 0 aromatic heterocycles. The molecule has 0 amide bonds. The van der Waals surface area contributed by atoms with Crippen LogP contribution in [0.1, 0.15) is 27.7 Å². The number of esters is 1. The molecule has 0 aromatic rings. The van der Waals surface area contributed by atoms with Crippen LogP contribution < -0.4 is 5.48 Å². The first kappa shape index (κ1) is 13.4. The standard InChI is InChI=1S/C9H19NO4/c1-8(2,3)14-10-9(4,6-11)7(12)13-5/h10-11H,6H2,1-5H3/t9-/m1/s1. The van der Waals surface area contributed by atoms with Gasteiger partial charge in [-0.05, 0) is 27.7 Å². The maximum atomic E-state index is 11.3. The van der Waals surface area contributed by atoms with Crippen molar-refractivity contribution >= 4 is 5.97 Å². The van der Waals surface area contributed by atoms with E-state index in [4.69, 9.17) is 9.94 Å². The number of aliphatic hydroxyl groups excluding tert-OH is 1. The molecule has 0 bridgehead atoms. The first-order chi connectivity index (χ1) is 6.25. The largest absolute Gasteiger partial charge is 0.468 e. The van der Waals surface area contributed by atoms with E-state index < -0.39 is 23.7 Å². The van der Waals surface area contributed by atoms with E-state index in [1.807, 2.05) is 20.8 Å². The lowest BCUT2D eigenvalue weighted by Crippen LogP contribution is -2.55. The van der Waals surface area contributed by atoms with Crippen molar-refractivity contribution in [3.8, 4) is 0 Å². The zero-order chi connectivity index (χ0) is 11.4. The van der Waals surface area contributed by atoms with Crippen molar-refractivity contribution in [3.63, 3.8) is 0 Å². The Kier molecular flexibility index (Phi) is 4.51. The molecule has 0 rings (SSSR count). The quantitative estimate of drug-likeness (QED) is 0.508. The summed E-state index contributed by atoms with van der Waals surface area (Å²) in [6.07, 6.45) is 0. The van der Waals surface area contributed by atoms with Crippen molar-refractivity contribution < 1.29 is 19.5 Å². The maximum Gasteiger partial charge on any atom is 0.330 e.